The summed E-state index contributed by atoms with van der Waals surface area (Å²) in [6.45, 7) is 3.83. The minimum Gasteiger partial charge on any atom is -0.756 e. The summed E-state index contributed by atoms with van der Waals surface area (Å²) in [6, 6.07) is 0. The van der Waals surface area contributed by atoms with Gasteiger partial charge in [0.2, 0.25) is 0 Å². The van der Waals surface area contributed by atoms with Crippen molar-refractivity contribution in [2.24, 2.45) is 11.8 Å². The van der Waals surface area contributed by atoms with Gasteiger partial charge in [0, 0.05) is 31.1 Å². The summed E-state index contributed by atoms with van der Waals surface area (Å²) >= 11 is 0. The monoisotopic (exact) mass is 940 g/mol. The first-order chi connectivity index (χ1) is 31.2. The van der Waals surface area contributed by atoms with Gasteiger partial charge in [-0.3, -0.25) is 18.9 Å². The smallest absolute Gasteiger partial charge is 0.306 e. The van der Waals surface area contributed by atoms with Gasteiger partial charge in [0.1, 0.15) is 25.5 Å². The lowest BCUT2D eigenvalue weighted by Gasteiger charge is -2.28. The number of rotatable bonds is 43. The normalized spacial score (nSPS) is 18.8. The van der Waals surface area contributed by atoms with Crippen LogP contribution in [0.2, 0.25) is 0 Å². The van der Waals surface area contributed by atoms with Crippen LogP contribution in [0.1, 0.15) is 200 Å². The molecule has 0 bridgehead atoms. The molecule has 65 heavy (non-hydrogen) atoms. The predicted octanol–water partition coefficient (Wildman–Crippen LogP) is 11.2. The zero-order valence-electron chi connectivity index (χ0n) is 41.6. The maximum atomic E-state index is 12.8. The maximum Gasteiger partial charge on any atom is 0.306 e. The number of nitrogens with zero attached hydrogens (tertiary/aromatic N) is 1. The number of unbranched alkanes of at least 4 members (excludes halogenated alkanes) is 20. The lowest BCUT2D eigenvalue weighted by Crippen LogP contribution is -2.37. The van der Waals surface area contributed by atoms with Crippen molar-refractivity contribution in [2.45, 2.75) is 218 Å². The molecule has 1 aliphatic rings. The first-order valence-corrected chi connectivity index (χ1v) is 27.3. The Morgan fingerprint density at radius 2 is 1.25 bits per heavy atom. The first-order valence-electron chi connectivity index (χ1n) is 25.8. The Balaban J connectivity index is 2.39. The van der Waals surface area contributed by atoms with E-state index in [-0.39, 0.29) is 44.2 Å². The first kappa shape index (κ1) is 60.8. The number of phosphoric ester groups is 1. The second kappa shape index (κ2) is 38.8. The number of ether oxygens (including phenoxy) is 2. The number of aliphatic hydroxyl groups excluding tert-OH is 2. The summed E-state index contributed by atoms with van der Waals surface area (Å²) in [7, 11) is 1.02. The van der Waals surface area contributed by atoms with E-state index in [1.165, 1.54) is 96.3 Å². The van der Waals surface area contributed by atoms with Crippen molar-refractivity contribution in [1.29, 1.82) is 0 Å². The Bertz CT molecular complexity index is 1360. The van der Waals surface area contributed by atoms with E-state index < -0.39 is 50.6 Å². The molecule has 0 aromatic rings. The second-order valence-corrected chi connectivity index (χ2v) is 20.7. The van der Waals surface area contributed by atoms with Crippen molar-refractivity contribution in [2.75, 3.05) is 47.5 Å². The van der Waals surface area contributed by atoms with E-state index in [1.54, 1.807) is 12.2 Å². The third-order valence-electron chi connectivity index (χ3n) is 12.0. The third kappa shape index (κ3) is 35.6. The van der Waals surface area contributed by atoms with Crippen molar-refractivity contribution in [1.82, 2.24) is 0 Å². The molecular weight excluding hydrogens is 846 g/mol. The van der Waals surface area contributed by atoms with E-state index in [4.69, 9.17) is 18.5 Å². The number of Topliss-reactive ketones (excluding diaryl/α,β-unsaturated/α-hetero) is 1. The van der Waals surface area contributed by atoms with Crippen LogP contribution in [0.5, 0.6) is 0 Å². The van der Waals surface area contributed by atoms with E-state index >= 15 is 0 Å². The van der Waals surface area contributed by atoms with Gasteiger partial charge < -0.3 is 38.1 Å². The second-order valence-electron chi connectivity index (χ2n) is 19.3. The SMILES string of the molecule is CCCCCCCC/C=C\CCCCCCCCCCCCCC(=O)O[C@H](COC(=O)CCC/C=C\C[C@H]1[C@@H](O)CC(=O)[C@@H]1/C=C/[C@@H](O)CCCCC)COP(=O)([O-])OCC[N+](C)(C)C. The van der Waals surface area contributed by atoms with E-state index in [2.05, 4.69) is 26.0 Å². The molecule has 1 aliphatic carbocycles. The fourth-order valence-corrected chi connectivity index (χ4v) is 8.60. The number of hydrogen-bond donors (Lipinski definition) is 2. The Morgan fingerprint density at radius 3 is 1.85 bits per heavy atom. The van der Waals surface area contributed by atoms with E-state index in [9.17, 15) is 34.1 Å². The minimum absolute atomic E-state index is 0.0275. The topological polar surface area (TPSA) is 169 Å². The van der Waals surface area contributed by atoms with Gasteiger partial charge >= 0.3 is 11.9 Å². The molecule has 0 radical (unpaired) electrons. The number of phosphoric acid groups is 1. The zero-order chi connectivity index (χ0) is 48.0. The molecule has 0 spiro atoms. The van der Waals surface area contributed by atoms with Crippen molar-refractivity contribution in [3.8, 4) is 0 Å². The quantitative estimate of drug-likeness (QED) is 0.0196. The summed E-state index contributed by atoms with van der Waals surface area (Å²) < 4.78 is 34.0. The average molecular weight is 940 g/mol. The highest BCUT2D eigenvalue weighted by molar-refractivity contribution is 7.45. The Morgan fingerprint density at radius 1 is 0.723 bits per heavy atom. The van der Waals surface area contributed by atoms with Crippen LogP contribution in [0.25, 0.3) is 0 Å². The molecule has 13 heteroatoms. The minimum atomic E-state index is -4.70. The fourth-order valence-electron chi connectivity index (χ4n) is 7.87. The number of likely N-dealkylation sites (N-methyl/N-ethyl adjacent to an activating group) is 1. The number of quaternary nitrogens is 1. The molecule has 1 saturated carbocycles. The third-order valence-corrected chi connectivity index (χ3v) is 13.0. The molecule has 0 saturated heterocycles. The molecule has 0 amide bonds. The number of aliphatic hydroxyl groups is 2. The molecule has 0 aromatic carbocycles. The van der Waals surface area contributed by atoms with Gasteiger partial charge in [0.05, 0.1) is 40.0 Å². The number of carbonyl (C=O) groups excluding carboxylic acids is 3. The van der Waals surface area contributed by atoms with Crippen molar-refractivity contribution >= 4 is 25.5 Å². The van der Waals surface area contributed by atoms with E-state index in [0.717, 1.165) is 38.5 Å². The van der Waals surface area contributed by atoms with Crippen LogP contribution in [0.4, 0.5) is 0 Å². The lowest BCUT2D eigenvalue weighted by atomic mass is 9.90. The van der Waals surface area contributed by atoms with Crippen LogP contribution < -0.4 is 4.89 Å². The van der Waals surface area contributed by atoms with E-state index in [0.29, 0.717) is 43.1 Å². The van der Waals surface area contributed by atoms with Crippen LogP contribution in [0.3, 0.4) is 0 Å². The summed E-state index contributed by atoms with van der Waals surface area (Å²) in [5, 5.41) is 20.8. The molecule has 0 aromatic heterocycles. The average Bonchev–Trinajstić information content (AvgIpc) is 3.52. The molecule has 1 unspecified atom stereocenters. The highest BCUT2D eigenvalue weighted by Gasteiger charge is 2.39. The number of esters is 2. The van der Waals surface area contributed by atoms with Gasteiger partial charge in [-0.25, -0.2) is 0 Å². The summed E-state index contributed by atoms with van der Waals surface area (Å²) in [4.78, 5) is 50.4. The predicted molar refractivity (Wildman–Crippen MR) is 260 cm³/mol. The maximum absolute atomic E-state index is 12.8. The highest BCUT2D eigenvalue weighted by atomic mass is 31.2. The standard InChI is InChI=1S/C52H94NO11P/c1-6-8-10-11-12-13-14-15-16-17-18-19-20-21-22-23-24-25-26-27-33-37-52(58)64-46(44-63-65(59,60)62-41-40-53(3,4)5)43-61-51(57)36-32-29-28-31-35-47-48(50(56)42-49(47)55)39-38-45(54)34-30-9-7-2/h15-16,28,31,38-39,45-49,54-55H,6-14,17-27,29-30,32-37,40-44H2,1-5H3/b16-15-,31-28-,39-38+/t45-,46+,47+,48+,49-/m0/s1. The number of ketones is 1. The summed E-state index contributed by atoms with van der Waals surface area (Å²) in [5.41, 5.74) is 0. The molecule has 2 N–H and O–H groups in total. The molecular formula is C52H94NO11P. The fraction of sp³-hybridized carbons (Fsp3) is 0.827. The molecule has 378 valence electrons. The molecule has 0 aliphatic heterocycles. The van der Waals surface area contributed by atoms with Gasteiger partial charge in [-0.05, 0) is 57.8 Å². The van der Waals surface area contributed by atoms with Gasteiger partial charge in [-0.15, -0.1) is 0 Å². The summed E-state index contributed by atoms with van der Waals surface area (Å²) in [5.74, 6) is -1.77. The number of hydrogen-bond acceptors (Lipinski definition) is 11. The molecule has 6 atom stereocenters. The number of carbonyl (C=O) groups is 3. The van der Waals surface area contributed by atoms with Crippen molar-refractivity contribution < 1.29 is 57.1 Å². The summed E-state index contributed by atoms with van der Waals surface area (Å²) in [6.07, 6.45) is 38.2. The lowest BCUT2D eigenvalue weighted by molar-refractivity contribution is -0.870. The van der Waals surface area contributed by atoms with Crippen molar-refractivity contribution in [3.05, 3.63) is 36.5 Å². The largest absolute Gasteiger partial charge is 0.756 e. The number of allylic oxidation sites excluding steroid dienone is 5. The Hall–Kier alpha value is -2.18. The van der Waals surface area contributed by atoms with Crippen LogP contribution >= 0.6 is 7.82 Å². The van der Waals surface area contributed by atoms with Crippen LogP contribution in [-0.2, 0) is 37.5 Å². The zero-order valence-corrected chi connectivity index (χ0v) is 42.5. The van der Waals surface area contributed by atoms with Crippen LogP contribution in [0, 0.1) is 11.8 Å². The Labute approximate surface area is 395 Å². The van der Waals surface area contributed by atoms with Gasteiger partial charge in [0.25, 0.3) is 7.82 Å². The molecule has 0 heterocycles. The highest BCUT2D eigenvalue weighted by Crippen LogP contribution is 2.38. The molecule has 1 fully saturated rings. The van der Waals surface area contributed by atoms with Crippen LogP contribution in [0.15, 0.2) is 36.5 Å². The van der Waals surface area contributed by atoms with E-state index in [1.807, 2.05) is 33.3 Å². The van der Waals surface area contributed by atoms with Gasteiger partial charge in [-0.1, -0.05) is 159 Å². The van der Waals surface area contributed by atoms with Gasteiger partial charge in [0.15, 0.2) is 6.10 Å². The van der Waals surface area contributed by atoms with Gasteiger partial charge in [-0.2, -0.15) is 0 Å². The molecule has 1 rings (SSSR count). The van der Waals surface area contributed by atoms with Crippen molar-refractivity contribution in [3.63, 3.8) is 0 Å². The van der Waals surface area contributed by atoms with Crippen LogP contribution in [-0.4, -0.2) is 98.2 Å². The molecule has 12 nitrogen and oxygen atoms in total. The Kier molecular flexibility index (Phi) is 36.3.